The molecular weight excluding hydrogens is 312 g/mol. The molecule has 3 nitrogen and oxygen atoms in total. The molecule has 0 atom stereocenters. The van der Waals surface area contributed by atoms with Crippen molar-refractivity contribution in [2.24, 2.45) is 0 Å². The van der Waals surface area contributed by atoms with Crippen molar-refractivity contribution in [3.63, 3.8) is 0 Å². The zero-order chi connectivity index (χ0) is 17.8. The first-order chi connectivity index (χ1) is 12.1. The molecule has 3 aromatic carbocycles. The van der Waals surface area contributed by atoms with Crippen molar-refractivity contribution in [3.05, 3.63) is 78.4 Å². The minimum Gasteiger partial charge on any atom is -0.457 e. The molecule has 0 radical (unpaired) electrons. The van der Waals surface area contributed by atoms with E-state index in [2.05, 4.69) is 6.58 Å². The van der Waals surface area contributed by atoms with Crippen LogP contribution >= 0.6 is 0 Å². The number of benzene rings is 3. The number of hydrogen-bond donors (Lipinski definition) is 0. The molecule has 0 spiro atoms. The second kappa shape index (κ2) is 7.22. The van der Waals surface area contributed by atoms with E-state index >= 15 is 0 Å². The highest BCUT2D eigenvalue weighted by molar-refractivity contribution is 5.98. The lowest BCUT2D eigenvalue weighted by molar-refractivity contribution is -0.130. The second-order valence-electron chi connectivity index (χ2n) is 5.85. The van der Waals surface area contributed by atoms with Gasteiger partial charge in [-0.25, -0.2) is 4.79 Å². The predicted molar refractivity (Wildman–Crippen MR) is 100 cm³/mol. The maximum absolute atomic E-state index is 12.0. The minimum atomic E-state index is -0.420. The molecular formula is C22H20O3. The van der Waals surface area contributed by atoms with Crippen molar-refractivity contribution >= 4 is 16.7 Å². The maximum atomic E-state index is 12.0. The number of carbonyl (C=O) groups excluding carboxylic acids is 1. The van der Waals surface area contributed by atoms with Gasteiger partial charge in [-0.2, -0.15) is 0 Å². The molecule has 0 fully saturated rings. The fraction of sp³-hybridized carbons (Fsp3) is 0.136. The molecule has 126 valence electrons. The van der Waals surface area contributed by atoms with Gasteiger partial charge in [-0.05, 0) is 37.1 Å². The zero-order valence-corrected chi connectivity index (χ0v) is 14.4. The standard InChI is InChI=1S/C22H20O3/c1-4-16-14-20(24-17-10-6-5-7-11-17)18-12-8-9-13-19(18)21(16)25-22(23)15(2)3/h5-14H,2,4H2,1,3H3. The number of ether oxygens (including phenoxy) is 2. The molecule has 0 bridgehead atoms. The van der Waals surface area contributed by atoms with Crippen molar-refractivity contribution in [2.45, 2.75) is 20.3 Å². The number of rotatable bonds is 5. The normalized spacial score (nSPS) is 10.5. The number of para-hydroxylation sites is 1. The first kappa shape index (κ1) is 16.8. The van der Waals surface area contributed by atoms with Gasteiger partial charge < -0.3 is 9.47 Å². The van der Waals surface area contributed by atoms with Gasteiger partial charge in [0.05, 0.1) is 0 Å². The van der Waals surface area contributed by atoms with E-state index in [9.17, 15) is 4.79 Å². The lowest BCUT2D eigenvalue weighted by Crippen LogP contribution is -2.10. The molecule has 3 rings (SSSR count). The minimum absolute atomic E-state index is 0.371. The van der Waals surface area contributed by atoms with Gasteiger partial charge in [0.1, 0.15) is 17.2 Å². The van der Waals surface area contributed by atoms with Gasteiger partial charge in [-0.3, -0.25) is 0 Å². The zero-order valence-electron chi connectivity index (χ0n) is 14.4. The van der Waals surface area contributed by atoms with E-state index in [1.807, 2.05) is 67.6 Å². The van der Waals surface area contributed by atoms with Gasteiger partial charge in [0.15, 0.2) is 0 Å². The number of carbonyl (C=O) groups is 1. The number of hydrogen-bond acceptors (Lipinski definition) is 3. The van der Waals surface area contributed by atoms with Crippen LogP contribution in [0.25, 0.3) is 10.8 Å². The summed E-state index contributed by atoms with van der Waals surface area (Å²) in [4.78, 5) is 12.0. The third-order valence-electron chi connectivity index (χ3n) is 3.93. The van der Waals surface area contributed by atoms with E-state index in [4.69, 9.17) is 9.47 Å². The van der Waals surface area contributed by atoms with Crippen LogP contribution < -0.4 is 9.47 Å². The molecule has 0 heterocycles. The third-order valence-corrected chi connectivity index (χ3v) is 3.93. The number of esters is 1. The Labute approximate surface area is 147 Å². The van der Waals surface area contributed by atoms with Crippen molar-refractivity contribution in [3.8, 4) is 17.2 Å². The molecule has 3 aromatic rings. The van der Waals surface area contributed by atoms with E-state index in [1.54, 1.807) is 6.92 Å². The summed E-state index contributed by atoms with van der Waals surface area (Å²) in [6.45, 7) is 7.33. The summed E-state index contributed by atoms with van der Waals surface area (Å²) in [7, 11) is 0. The van der Waals surface area contributed by atoms with Crippen LogP contribution in [0.2, 0.25) is 0 Å². The van der Waals surface area contributed by atoms with Crippen molar-refractivity contribution < 1.29 is 14.3 Å². The van der Waals surface area contributed by atoms with Crippen LogP contribution in [0.5, 0.6) is 17.2 Å². The molecule has 0 saturated heterocycles. The van der Waals surface area contributed by atoms with Crippen LogP contribution in [0.3, 0.4) is 0 Å². The van der Waals surface area contributed by atoms with Crippen LogP contribution in [-0.2, 0) is 11.2 Å². The van der Waals surface area contributed by atoms with Crippen LogP contribution in [0.1, 0.15) is 19.4 Å². The smallest absolute Gasteiger partial charge is 0.338 e. The van der Waals surface area contributed by atoms with Crippen molar-refractivity contribution in [1.82, 2.24) is 0 Å². The van der Waals surface area contributed by atoms with Gasteiger partial charge in [0, 0.05) is 16.3 Å². The van der Waals surface area contributed by atoms with Crippen molar-refractivity contribution in [1.29, 1.82) is 0 Å². The van der Waals surface area contributed by atoms with E-state index < -0.39 is 5.97 Å². The average molecular weight is 332 g/mol. The Hall–Kier alpha value is -3.07. The molecule has 0 aromatic heterocycles. The van der Waals surface area contributed by atoms with Crippen LogP contribution in [-0.4, -0.2) is 5.97 Å². The largest absolute Gasteiger partial charge is 0.457 e. The average Bonchev–Trinajstić information content (AvgIpc) is 2.64. The molecule has 0 aliphatic heterocycles. The Morgan fingerprint density at radius 1 is 1.00 bits per heavy atom. The van der Waals surface area contributed by atoms with E-state index in [0.717, 1.165) is 34.3 Å². The van der Waals surface area contributed by atoms with Gasteiger partial charge in [-0.15, -0.1) is 0 Å². The Bertz CT molecular complexity index is 927. The predicted octanol–water partition coefficient (Wildman–Crippen LogP) is 5.68. The molecule has 25 heavy (non-hydrogen) atoms. The van der Waals surface area contributed by atoms with Gasteiger partial charge >= 0.3 is 5.97 Å². The van der Waals surface area contributed by atoms with Gasteiger partial charge in [0.25, 0.3) is 0 Å². The second-order valence-corrected chi connectivity index (χ2v) is 5.85. The Morgan fingerprint density at radius 2 is 1.64 bits per heavy atom. The molecule has 0 saturated carbocycles. The first-order valence-electron chi connectivity index (χ1n) is 8.25. The quantitative estimate of drug-likeness (QED) is 0.343. The highest BCUT2D eigenvalue weighted by Gasteiger charge is 2.17. The van der Waals surface area contributed by atoms with Crippen LogP contribution in [0, 0.1) is 0 Å². The maximum Gasteiger partial charge on any atom is 0.338 e. The summed E-state index contributed by atoms with van der Waals surface area (Å²) in [5.41, 5.74) is 1.29. The summed E-state index contributed by atoms with van der Waals surface area (Å²) in [6.07, 6.45) is 0.717. The third kappa shape index (κ3) is 3.56. The van der Waals surface area contributed by atoms with Crippen LogP contribution in [0.4, 0.5) is 0 Å². The Kier molecular flexibility index (Phi) is 4.85. The summed E-state index contributed by atoms with van der Waals surface area (Å²) < 4.78 is 11.7. The molecule has 0 aliphatic carbocycles. The van der Waals surface area contributed by atoms with E-state index in [1.165, 1.54) is 0 Å². The summed E-state index contributed by atoms with van der Waals surface area (Å²) in [6, 6.07) is 19.3. The Balaban J connectivity index is 2.14. The number of aryl methyl sites for hydroxylation is 1. The monoisotopic (exact) mass is 332 g/mol. The topological polar surface area (TPSA) is 35.5 Å². The lowest BCUT2D eigenvalue weighted by atomic mass is 10.0. The lowest BCUT2D eigenvalue weighted by Gasteiger charge is -2.16. The highest BCUT2D eigenvalue weighted by atomic mass is 16.5. The summed E-state index contributed by atoms with van der Waals surface area (Å²) in [5.74, 6) is 1.67. The van der Waals surface area contributed by atoms with Crippen LogP contribution in [0.15, 0.2) is 72.8 Å². The Morgan fingerprint density at radius 3 is 2.28 bits per heavy atom. The van der Waals surface area contributed by atoms with Crippen molar-refractivity contribution in [2.75, 3.05) is 0 Å². The fourth-order valence-electron chi connectivity index (χ4n) is 2.63. The molecule has 0 unspecified atom stereocenters. The SMILES string of the molecule is C=C(C)C(=O)Oc1c(CC)cc(Oc2ccccc2)c2ccccc12. The van der Waals surface area contributed by atoms with E-state index in [-0.39, 0.29) is 0 Å². The molecule has 3 heteroatoms. The molecule has 0 amide bonds. The fourth-order valence-corrected chi connectivity index (χ4v) is 2.63. The molecule has 0 aliphatic rings. The van der Waals surface area contributed by atoms with E-state index in [0.29, 0.717) is 11.3 Å². The summed E-state index contributed by atoms with van der Waals surface area (Å²) in [5, 5.41) is 1.75. The molecule has 0 N–H and O–H groups in total. The summed E-state index contributed by atoms with van der Waals surface area (Å²) >= 11 is 0. The number of fused-ring (bicyclic) bond motifs is 1. The first-order valence-corrected chi connectivity index (χ1v) is 8.25. The highest BCUT2D eigenvalue weighted by Crippen LogP contribution is 2.39. The van der Waals surface area contributed by atoms with Gasteiger partial charge in [-0.1, -0.05) is 56.0 Å². The van der Waals surface area contributed by atoms with Gasteiger partial charge in [0.2, 0.25) is 0 Å².